The fraction of sp³-hybridized carbons (Fsp3) is 0.545. The fourth-order valence-corrected chi connectivity index (χ4v) is 3.17. The quantitative estimate of drug-likeness (QED) is 0.850. The van der Waals surface area contributed by atoms with E-state index in [1.165, 1.54) is 6.20 Å². The molecular weight excluding hydrogens is 256 g/mol. The third-order valence-electron chi connectivity index (χ3n) is 3.33. The van der Waals surface area contributed by atoms with Crippen LogP contribution in [0.4, 0.5) is 0 Å². The number of ether oxygens (including phenoxy) is 1. The van der Waals surface area contributed by atoms with E-state index in [9.17, 15) is 9.59 Å². The van der Waals surface area contributed by atoms with Crippen LogP contribution in [0.3, 0.4) is 0 Å². The molecule has 1 aromatic heterocycles. The molecule has 2 bridgehead atoms. The van der Waals surface area contributed by atoms with E-state index in [0.717, 1.165) is 30.6 Å². The molecule has 2 saturated heterocycles. The Labute approximate surface area is 107 Å². The van der Waals surface area contributed by atoms with Crippen molar-refractivity contribution >= 4 is 23.2 Å². The maximum atomic E-state index is 11.9. The van der Waals surface area contributed by atoms with Gasteiger partial charge in [-0.3, -0.25) is 4.79 Å². The highest BCUT2D eigenvalue weighted by Crippen LogP contribution is 2.34. The molecule has 0 spiro atoms. The molecule has 0 aromatic carbocycles. The van der Waals surface area contributed by atoms with Gasteiger partial charge in [0, 0.05) is 0 Å². The highest BCUT2D eigenvalue weighted by Gasteiger charge is 2.41. The molecule has 2 aliphatic rings. The lowest BCUT2D eigenvalue weighted by atomic mass is 9.95. The number of nitrogens with zero attached hydrogens (tertiary/aromatic N) is 1. The second kappa shape index (κ2) is 4.33. The van der Waals surface area contributed by atoms with Crippen LogP contribution in [0.25, 0.3) is 0 Å². The van der Waals surface area contributed by atoms with Crippen molar-refractivity contribution in [2.75, 3.05) is 0 Å². The van der Waals surface area contributed by atoms with Gasteiger partial charge in [0.25, 0.3) is 5.91 Å². The fourth-order valence-electron chi connectivity index (χ4n) is 2.51. The number of thiazole rings is 1. The summed E-state index contributed by atoms with van der Waals surface area (Å²) in [4.78, 5) is 26.6. The summed E-state index contributed by atoms with van der Waals surface area (Å²) in [6.07, 6.45) is 4.60. The molecule has 7 heteroatoms. The lowest BCUT2D eigenvalue weighted by Crippen LogP contribution is -2.41. The van der Waals surface area contributed by atoms with Gasteiger partial charge in [-0.2, -0.15) is 0 Å². The van der Waals surface area contributed by atoms with Crippen LogP contribution >= 0.6 is 11.3 Å². The Kier molecular flexibility index (Phi) is 2.79. The minimum atomic E-state index is -1.11. The van der Waals surface area contributed by atoms with Crippen molar-refractivity contribution in [3.63, 3.8) is 0 Å². The molecule has 2 fully saturated rings. The summed E-state index contributed by atoms with van der Waals surface area (Å²) >= 11 is 0.889. The molecule has 18 heavy (non-hydrogen) atoms. The number of carboxylic acids is 1. The smallest absolute Gasteiger partial charge is 0.365 e. The van der Waals surface area contributed by atoms with Gasteiger partial charge in [-0.1, -0.05) is 0 Å². The first-order chi connectivity index (χ1) is 8.63. The average Bonchev–Trinajstić information content (AvgIpc) is 3.04. The first-order valence-corrected chi connectivity index (χ1v) is 6.60. The Balaban J connectivity index is 1.65. The van der Waals surface area contributed by atoms with Crippen LogP contribution in [-0.2, 0) is 4.74 Å². The van der Waals surface area contributed by atoms with Gasteiger partial charge < -0.3 is 15.2 Å². The highest BCUT2D eigenvalue weighted by atomic mass is 32.1. The number of hydrogen-bond acceptors (Lipinski definition) is 5. The van der Waals surface area contributed by atoms with E-state index in [0.29, 0.717) is 4.88 Å². The number of amides is 1. The van der Waals surface area contributed by atoms with Gasteiger partial charge >= 0.3 is 5.97 Å². The average molecular weight is 268 g/mol. The molecule has 3 unspecified atom stereocenters. The van der Waals surface area contributed by atoms with Crippen molar-refractivity contribution in [1.29, 1.82) is 0 Å². The first kappa shape index (κ1) is 11.6. The van der Waals surface area contributed by atoms with Crippen molar-refractivity contribution in [2.45, 2.75) is 37.5 Å². The standard InChI is InChI=1S/C11H12N2O4S/c14-9(8-4-12-10(18-8)11(15)16)13-6-3-5-1-2-7(6)17-5/h4-7H,1-3H2,(H,13,14)(H,15,16). The number of rotatable bonds is 3. The molecule has 96 valence electrons. The number of aromatic carboxylic acids is 1. The van der Waals surface area contributed by atoms with E-state index in [1.807, 2.05) is 0 Å². The van der Waals surface area contributed by atoms with Gasteiger partial charge in [-0.15, -0.1) is 11.3 Å². The normalized spacial score (nSPS) is 29.4. The Morgan fingerprint density at radius 1 is 1.50 bits per heavy atom. The molecular formula is C11H12N2O4S. The summed E-state index contributed by atoms with van der Waals surface area (Å²) in [7, 11) is 0. The van der Waals surface area contributed by atoms with E-state index in [4.69, 9.17) is 9.84 Å². The molecule has 2 N–H and O–H groups in total. The van der Waals surface area contributed by atoms with E-state index >= 15 is 0 Å². The van der Waals surface area contributed by atoms with Crippen LogP contribution < -0.4 is 5.32 Å². The predicted octanol–water partition coefficient (Wildman–Crippen LogP) is 0.891. The van der Waals surface area contributed by atoms with Gasteiger partial charge in [0.1, 0.15) is 4.88 Å². The summed E-state index contributed by atoms with van der Waals surface area (Å²) in [5.74, 6) is -1.37. The molecule has 6 nitrogen and oxygen atoms in total. The number of aromatic nitrogens is 1. The highest BCUT2D eigenvalue weighted by molar-refractivity contribution is 7.15. The SMILES string of the molecule is O=C(NC1CC2CCC1O2)c1cnc(C(=O)O)s1. The molecule has 2 aliphatic heterocycles. The van der Waals surface area contributed by atoms with Crippen molar-refractivity contribution in [2.24, 2.45) is 0 Å². The Bertz CT molecular complexity index is 501. The van der Waals surface area contributed by atoms with Crippen LogP contribution in [0.5, 0.6) is 0 Å². The Morgan fingerprint density at radius 2 is 2.33 bits per heavy atom. The largest absolute Gasteiger partial charge is 0.476 e. The van der Waals surface area contributed by atoms with Crippen molar-refractivity contribution in [1.82, 2.24) is 10.3 Å². The van der Waals surface area contributed by atoms with E-state index in [1.54, 1.807) is 0 Å². The minimum Gasteiger partial charge on any atom is -0.476 e. The number of nitrogens with one attached hydrogen (secondary N) is 1. The molecule has 0 radical (unpaired) electrons. The van der Waals surface area contributed by atoms with Crippen LogP contribution in [0.15, 0.2) is 6.20 Å². The Hall–Kier alpha value is -1.47. The number of carbonyl (C=O) groups excluding carboxylic acids is 1. The summed E-state index contributed by atoms with van der Waals surface area (Å²) in [5, 5.41) is 11.6. The molecule has 0 saturated carbocycles. The third-order valence-corrected chi connectivity index (χ3v) is 4.32. The second-order valence-electron chi connectivity index (χ2n) is 4.52. The minimum absolute atomic E-state index is 0.0478. The van der Waals surface area contributed by atoms with Gasteiger partial charge in [-0.25, -0.2) is 9.78 Å². The lowest BCUT2D eigenvalue weighted by Gasteiger charge is -2.19. The second-order valence-corrected chi connectivity index (χ2v) is 5.56. The summed E-state index contributed by atoms with van der Waals surface area (Å²) in [6, 6.07) is 0.0478. The molecule has 1 amide bonds. The van der Waals surface area contributed by atoms with Crippen molar-refractivity contribution in [3.05, 3.63) is 16.1 Å². The van der Waals surface area contributed by atoms with Crippen molar-refractivity contribution < 1.29 is 19.4 Å². The number of carboxylic acid groups (broad SMARTS) is 1. The van der Waals surface area contributed by atoms with Crippen LogP contribution in [-0.4, -0.2) is 40.2 Å². The predicted molar refractivity (Wildman–Crippen MR) is 62.8 cm³/mol. The summed E-state index contributed by atoms with van der Waals surface area (Å²) in [5.41, 5.74) is 0. The van der Waals surface area contributed by atoms with E-state index < -0.39 is 5.97 Å². The zero-order chi connectivity index (χ0) is 12.7. The van der Waals surface area contributed by atoms with Crippen LogP contribution in [0, 0.1) is 0 Å². The van der Waals surface area contributed by atoms with Crippen LogP contribution in [0.1, 0.15) is 38.7 Å². The van der Waals surface area contributed by atoms with Crippen LogP contribution in [0.2, 0.25) is 0 Å². The number of carbonyl (C=O) groups is 2. The maximum Gasteiger partial charge on any atom is 0.365 e. The molecule has 3 heterocycles. The first-order valence-electron chi connectivity index (χ1n) is 5.79. The zero-order valence-corrected chi connectivity index (χ0v) is 10.3. The molecule has 1 aromatic rings. The topological polar surface area (TPSA) is 88.5 Å². The van der Waals surface area contributed by atoms with Gasteiger partial charge in [0.15, 0.2) is 0 Å². The monoisotopic (exact) mass is 268 g/mol. The zero-order valence-electron chi connectivity index (χ0n) is 9.46. The summed E-state index contributed by atoms with van der Waals surface area (Å²) < 4.78 is 5.64. The van der Waals surface area contributed by atoms with E-state index in [-0.39, 0.29) is 29.2 Å². The molecule has 3 rings (SSSR count). The third kappa shape index (κ3) is 1.99. The number of hydrogen-bond donors (Lipinski definition) is 2. The van der Waals surface area contributed by atoms with Gasteiger partial charge in [-0.05, 0) is 19.3 Å². The number of fused-ring (bicyclic) bond motifs is 2. The van der Waals surface area contributed by atoms with Crippen molar-refractivity contribution in [3.8, 4) is 0 Å². The molecule has 3 atom stereocenters. The Morgan fingerprint density at radius 3 is 2.89 bits per heavy atom. The van der Waals surface area contributed by atoms with Gasteiger partial charge in [0.2, 0.25) is 5.01 Å². The maximum absolute atomic E-state index is 11.9. The molecule has 0 aliphatic carbocycles. The summed E-state index contributed by atoms with van der Waals surface area (Å²) in [6.45, 7) is 0. The van der Waals surface area contributed by atoms with E-state index in [2.05, 4.69) is 10.3 Å². The van der Waals surface area contributed by atoms with Gasteiger partial charge in [0.05, 0.1) is 24.4 Å². The lowest BCUT2D eigenvalue weighted by molar-refractivity contribution is 0.0696.